The van der Waals surface area contributed by atoms with Crippen LogP contribution in [-0.2, 0) is 0 Å². The highest BCUT2D eigenvalue weighted by Gasteiger charge is 1.58. The SMILES string of the molecule is I.c1ccccc1.c1ccccc1. The molecule has 0 fully saturated rings. The van der Waals surface area contributed by atoms with Crippen LogP contribution in [0.15, 0.2) is 72.8 Å². The molecular formula is C12H13I. The molecule has 0 aliphatic rings. The van der Waals surface area contributed by atoms with E-state index in [0.717, 1.165) is 0 Å². The summed E-state index contributed by atoms with van der Waals surface area (Å²) < 4.78 is 0. The van der Waals surface area contributed by atoms with Gasteiger partial charge in [-0.2, -0.15) is 0 Å². The Kier molecular flexibility index (Phi) is 8.67. The van der Waals surface area contributed by atoms with Crippen molar-refractivity contribution in [2.24, 2.45) is 0 Å². The quantitative estimate of drug-likeness (QED) is 0.642. The maximum atomic E-state index is 2.00. The molecule has 0 aliphatic carbocycles. The van der Waals surface area contributed by atoms with E-state index in [-0.39, 0.29) is 24.0 Å². The lowest BCUT2D eigenvalue weighted by molar-refractivity contribution is 1.72. The third-order valence-corrected chi connectivity index (χ3v) is 1.33. The smallest absolute Gasteiger partial charge is 0.0623 e. The van der Waals surface area contributed by atoms with Crippen molar-refractivity contribution in [3.05, 3.63) is 72.8 Å². The van der Waals surface area contributed by atoms with E-state index in [1.807, 2.05) is 72.8 Å². The third-order valence-electron chi connectivity index (χ3n) is 1.33. The second kappa shape index (κ2) is 9.26. The minimum atomic E-state index is 0. The molecule has 68 valence electrons. The van der Waals surface area contributed by atoms with Crippen LogP contribution in [0.4, 0.5) is 0 Å². The first-order chi connectivity index (χ1) is 6.00. The highest BCUT2D eigenvalue weighted by atomic mass is 127. The van der Waals surface area contributed by atoms with Crippen LogP contribution in [0.1, 0.15) is 0 Å². The van der Waals surface area contributed by atoms with E-state index in [9.17, 15) is 0 Å². The molecule has 2 rings (SSSR count). The summed E-state index contributed by atoms with van der Waals surface area (Å²) in [5.41, 5.74) is 0. The topological polar surface area (TPSA) is 0 Å². The van der Waals surface area contributed by atoms with Crippen molar-refractivity contribution >= 4 is 24.0 Å². The van der Waals surface area contributed by atoms with Crippen LogP contribution in [0.3, 0.4) is 0 Å². The molecular weight excluding hydrogens is 271 g/mol. The van der Waals surface area contributed by atoms with Crippen molar-refractivity contribution in [2.45, 2.75) is 0 Å². The fraction of sp³-hybridized carbons (Fsp3) is 0. The molecule has 0 amide bonds. The normalized spacial score (nSPS) is 7.38. The number of hydrogen-bond donors (Lipinski definition) is 0. The Bertz CT molecular complexity index is 181. The van der Waals surface area contributed by atoms with Crippen LogP contribution in [0.5, 0.6) is 0 Å². The first-order valence-corrected chi connectivity index (χ1v) is 4.00. The Balaban J connectivity index is 0.000000206. The van der Waals surface area contributed by atoms with E-state index in [2.05, 4.69) is 0 Å². The van der Waals surface area contributed by atoms with Crippen LogP contribution in [0, 0.1) is 0 Å². The zero-order valence-electron chi connectivity index (χ0n) is 7.34. The summed E-state index contributed by atoms with van der Waals surface area (Å²) in [6, 6.07) is 24.0. The molecule has 0 nitrogen and oxygen atoms in total. The van der Waals surface area contributed by atoms with Crippen molar-refractivity contribution in [2.75, 3.05) is 0 Å². The predicted octanol–water partition coefficient (Wildman–Crippen LogP) is 3.99. The van der Waals surface area contributed by atoms with E-state index in [1.54, 1.807) is 0 Å². The molecule has 0 saturated heterocycles. The zero-order valence-corrected chi connectivity index (χ0v) is 9.67. The predicted molar refractivity (Wildman–Crippen MR) is 68.3 cm³/mol. The van der Waals surface area contributed by atoms with Gasteiger partial charge in [0.25, 0.3) is 0 Å². The fourth-order valence-electron chi connectivity index (χ4n) is 0.770. The van der Waals surface area contributed by atoms with E-state index in [1.165, 1.54) is 0 Å². The van der Waals surface area contributed by atoms with Gasteiger partial charge in [0, 0.05) is 0 Å². The first-order valence-electron chi connectivity index (χ1n) is 4.00. The first kappa shape index (κ1) is 12.2. The summed E-state index contributed by atoms with van der Waals surface area (Å²) in [6.45, 7) is 0. The highest BCUT2D eigenvalue weighted by molar-refractivity contribution is 14.0. The highest BCUT2D eigenvalue weighted by Crippen LogP contribution is 1.80. The Morgan fingerprint density at radius 1 is 0.231 bits per heavy atom. The van der Waals surface area contributed by atoms with Crippen molar-refractivity contribution in [3.63, 3.8) is 0 Å². The minimum Gasteiger partial charge on any atom is -0.107 e. The molecule has 2 aromatic rings. The van der Waals surface area contributed by atoms with Gasteiger partial charge in [0.1, 0.15) is 0 Å². The Labute approximate surface area is 96.6 Å². The second-order valence-electron chi connectivity index (χ2n) is 2.31. The largest absolute Gasteiger partial charge is 0.107 e. The monoisotopic (exact) mass is 284 g/mol. The van der Waals surface area contributed by atoms with Crippen molar-refractivity contribution in [1.29, 1.82) is 0 Å². The van der Waals surface area contributed by atoms with E-state index < -0.39 is 0 Å². The molecule has 0 saturated carbocycles. The molecule has 0 bridgehead atoms. The fourth-order valence-corrected chi connectivity index (χ4v) is 0.770. The van der Waals surface area contributed by atoms with Crippen molar-refractivity contribution < 1.29 is 0 Å². The van der Waals surface area contributed by atoms with Gasteiger partial charge < -0.3 is 0 Å². The summed E-state index contributed by atoms with van der Waals surface area (Å²) >= 11 is 0. The maximum absolute atomic E-state index is 2.00. The Morgan fingerprint density at radius 2 is 0.308 bits per heavy atom. The lowest BCUT2D eigenvalue weighted by atomic mass is 10.4. The molecule has 0 aromatic heterocycles. The van der Waals surface area contributed by atoms with E-state index >= 15 is 0 Å². The molecule has 0 N–H and O–H groups in total. The standard InChI is InChI=1S/2C6H6.HI/c2*1-2-4-6-5-3-1;/h2*1-6H;1H. The molecule has 0 unspecified atom stereocenters. The van der Waals surface area contributed by atoms with Gasteiger partial charge in [0.15, 0.2) is 0 Å². The molecule has 0 spiro atoms. The van der Waals surface area contributed by atoms with Crippen LogP contribution in [-0.4, -0.2) is 0 Å². The number of hydrogen-bond acceptors (Lipinski definition) is 0. The van der Waals surface area contributed by atoms with Gasteiger partial charge in [-0.25, -0.2) is 0 Å². The average molecular weight is 284 g/mol. The Morgan fingerprint density at radius 3 is 0.385 bits per heavy atom. The van der Waals surface area contributed by atoms with Gasteiger partial charge in [-0.1, -0.05) is 72.8 Å². The van der Waals surface area contributed by atoms with Gasteiger partial charge >= 0.3 is 0 Å². The molecule has 0 atom stereocenters. The molecule has 1 heteroatoms. The Hall–Kier alpha value is -0.830. The van der Waals surface area contributed by atoms with Gasteiger partial charge in [0.05, 0.1) is 0 Å². The van der Waals surface area contributed by atoms with Gasteiger partial charge in [0.2, 0.25) is 0 Å². The number of rotatable bonds is 0. The van der Waals surface area contributed by atoms with Crippen LogP contribution >= 0.6 is 24.0 Å². The number of benzene rings is 2. The van der Waals surface area contributed by atoms with Gasteiger partial charge in [-0.15, -0.1) is 24.0 Å². The van der Waals surface area contributed by atoms with Crippen LogP contribution in [0.2, 0.25) is 0 Å². The summed E-state index contributed by atoms with van der Waals surface area (Å²) in [5, 5.41) is 0. The summed E-state index contributed by atoms with van der Waals surface area (Å²) in [7, 11) is 0. The van der Waals surface area contributed by atoms with Crippen LogP contribution in [0.25, 0.3) is 0 Å². The van der Waals surface area contributed by atoms with E-state index in [4.69, 9.17) is 0 Å². The molecule has 13 heavy (non-hydrogen) atoms. The molecule has 0 radical (unpaired) electrons. The minimum absolute atomic E-state index is 0. The zero-order chi connectivity index (χ0) is 8.49. The van der Waals surface area contributed by atoms with Crippen molar-refractivity contribution in [3.8, 4) is 0 Å². The second-order valence-corrected chi connectivity index (χ2v) is 2.31. The van der Waals surface area contributed by atoms with Gasteiger partial charge in [-0.3, -0.25) is 0 Å². The van der Waals surface area contributed by atoms with E-state index in [0.29, 0.717) is 0 Å². The van der Waals surface area contributed by atoms with Crippen molar-refractivity contribution in [1.82, 2.24) is 0 Å². The van der Waals surface area contributed by atoms with Gasteiger partial charge in [-0.05, 0) is 0 Å². The lowest BCUT2D eigenvalue weighted by Crippen LogP contribution is -1.47. The maximum Gasteiger partial charge on any atom is -0.0623 e. The molecule has 2 aromatic carbocycles. The lowest BCUT2D eigenvalue weighted by Gasteiger charge is -1.69. The van der Waals surface area contributed by atoms with Crippen LogP contribution < -0.4 is 0 Å². The molecule has 0 aliphatic heterocycles. The summed E-state index contributed by atoms with van der Waals surface area (Å²) in [6.07, 6.45) is 0. The number of halogens is 1. The summed E-state index contributed by atoms with van der Waals surface area (Å²) in [4.78, 5) is 0. The third kappa shape index (κ3) is 7.53. The summed E-state index contributed by atoms with van der Waals surface area (Å²) in [5.74, 6) is 0. The molecule has 0 heterocycles. The average Bonchev–Trinajstić information content (AvgIpc) is 2.24.